The predicted molar refractivity (Wildman–Crippen MR) is 61.0 cm³/mol. The second-order valence-corrected chi connectivity index (χ2v) is 3.33. The molecule has 0 saturated carbocycles. The van der Waals surface area contributed by atoms with Crippen LogP contribution in [0.15, 0.2) is 43.0 Å². The van der Waals surface area contributed by atoms with E-state index in [1.807, 2.05) is 0 Å². The van der Waals surface area contributed by atoms with E-state index in [0.29, 0.717) is 0 Å². The van der Waals surface area contributed by atoms with Crippen LogP contribution < -0.4 is 4.84 Å². The molecule has 6 heteroatoms. The third kappa shape index (κ3) is 2.37. The third-order valence-electron chi connectivity index (χ3n) is 2.19. The number of benzene rings is 1. The van der Waals surface area contributed by atoms with Gasteiger partial charge in [0.15, 0.2) is 5.75 Å². The van der Waals surface area contributed by atoms with Crippen LogP contribution in [0.5, 0.6) is 5.75 Å². The van der Waals surface area contributed by atoms with E-state index in [2.05, 4.69) is 9.72 Å². The molecule has 92 valence electrons. The van der Waals surface area contributed by atoms with E-state index in [4.69, 9.17) is 4.84 Å². The first kappa shape index (κ1) is 11.8. The largest absolute Gasteiger partial charge is 0.463 e. The first-order chi connectivity index (χ1) is 8.72. The Kier molecular flexibility index (Phi) is 3.38. The van der Waals surface area contributed by atoms with Gasteiger partial charge in [-0.3, -0.25) is 4.79 Å². The molecule has 0 aliphatic rings. The van der Waals surface area contributed by atoms with Crippen molar-refractivity contribution in [2.75, 3.05) is 7.11 Å². The molecule has 6 nitrogen and oxygen atoms in total. The molecule has 0 saturated heterocycles. The van der Waals surface area contributed by atoms with Crippen LogP contribution in [0.3, 0.4) is 0 Å². The van der Waals surface area contributed by atoms with Gasteiger partial charge < -0.3 is 9.57 Å². The maximum Gasteiger partial charge on any atom is 0.379 e. The Morgan fingerprint density at radius 2 is 2.06 bits per heavy atom. The second-order valence-electron chi connectivity index (χ2n) is 3.33. The molecule has 0 spiro atoms. The number of rotatable bonds is 4. The molecule has 1 aromatic carbocycles. The molecule has 1 heterocycles. The molecule has 2 rings (SSSR count). The molecule has 0 aliphatic heterocycles. The highest BCUT2D eigenvalue weighted by molar-refractivity contribution is 6.41. The fourth-order valence-corrected chi connectivity index (χ4v) is 1.35. The van der Waals surface area contributed by atoms with Gasteiger partial charge in [-0.1, -0.05) is 12.1 Å². The lowest BCUT2D eigenvalue weighted by Gasteiger charge is -2.08. The summed E-state index contributed by atoms with van der Waals surface area (Å²) < 4.78 is 5.72. The number of carbonyl (C=O) groups is 2. The molecule has 0 radical (unpaired) electrons. The molecule has 0 aliphatic carbocycles. The number of ether oxygens (including phenoxy) is 1. The molecule has 0 atom stereocenters. The van der Waals surface area contributed by atoms with Gasteiger partial charge in [-0.2, -0.15) is 4.73 Å². The molecule has 0 amide bonds. The lowest BCUT2D eigenvalue weighted by molar-refractivity contribution is -0.135. The van der Waals surface area contributed by atoms with Crippen molar-refractivity contribution < 1.29 is 19.2 Å². The van der Waals surface area contributed by atoms with Crippen molar-refractivity contribution in [1.82, 2.24) is 9.71 Å². The Labute approximate surface area is 103 Å². The zero-order valence-corrected chi connectivity index (χ0v) is 9.57. The molecule has 18 heavy (non-hydrogen) atoms. The summed E-state index contributed by atoms with van der Waals surface area (Å²) in [7, 11) is 1.15. The number of hydrogen-bond acceptors (Lipinski definition) is 5. The highest BCUT2D eigenvalue weighted by Gasteiger charge is 2.21. The van der Waals surface area contributed by atoms with Crippen LogP contribution in [0.2, 0.25) is 0 Å². The van der Waals surface area contributed by atoms with Crippen molar-refractivity contribution in [3.05, 3.63) is 48.5 Å². The lowest BCUT2D eigenvalue weighted by Crippen LogP contribution is -2.17. The minimum absolute atomic E-state index is 0.137. The normalized spacial score (nSPS) is 9.83. The van der Waals surface area contributed by atoms with Crippen molar-refractivity contribution in [2.45, 2.75) is 0 Å². The summed E-state index contributed by atoms with van der Waals surface area (Å²) >= 11 is 0. The van der Waals surface area contributed by atoms with E-state index < -0.39 is 11.8 Å². The van der Waals surface area contributed by atoms with E-state index in [9.17, 15) is 9.59 Å². The highest BCUT2D eigenvalue weighted by atomic mass is 16.7. The van der Waals surface area contributed by atoms with Crippen LogP contribution >= 0.6 is 0 Å². The Balaban J connectivity index is 2.31. The maximum atomic E-state index is 11.7. The first-order valence-electron chi connectivity index (χ1n) is 5.10. The molecule has 0 N–H and O–H groups in total. The minimum atomic E-state index is -0.934. The van der Waals surface area contributed by atoms with E-state index in [0.717, 1.165) is 7.11 Å². The van der Waals surface area contributed by atoms with Gasteiger partial charge in [0.1, 0.15) is 6.33 Å². The number of Topliss-reactive ketones (excluding diaryl/α,β-unsaturated/α-hetero) is 1. The van der Waals surface area contributed by atoms with Crippen molar-refractivity contribution in [3.8, 4) is 5.75 Å². The number of methoxy groups -OCH3 is 1. The maximum absolute atomic E-state index is 11.7. The van der Waals surface area contributed by atoms with E-state index in [1.54, 1.807) is 24.4 Å². The number of aromatic nitrogens is 2. The number of ketones is 1. The fraction of sp³-hybridized carbons (Fsp3) is 0.0833. The van der Waals surface area contributed by atoms with Crippen LogP contribution in [0.1, 0.15) is 10.4 Å². The van der Waals surface area contributed by atoms with Crippen LogP contribution in [0.25, 0.3) is 0 Å². The van der Waals surface area contributed by atoms with Crippen molar-refractivity contribution in [3.63, 3.8) is 0 Å². The molecular formula is C12H10N2O4. The zero-order chi connectivity index (χ0) is 13.0. The predicted octanol–water partition coefficient (Wildman–Crippen LogP) is 1.08. The molecular weight excluding hydrogens is 236 g/mol. The summed E-state index contributed by atoms with van der Waals surface area (Å²) in [5.41, 5.74) is 0.137. The van der Waals surface area contributed by atoms with Gasteiger partial charge in [-0.15, -0.1) is 0 Å². The number of hydrogen-bond donors (Lipinski definition) is 0. The standard InChI is InChI=1S/C12H10N2O4/c1-17-12(16)11(15)9-4-2-3-5-10(9)18-14-7-6-13-8-14/h2-8H,1H3. The first-order valence-corrected chi connectivity index (χ1v) is 5.10. The number of carbonyl (C=O) groups excluding carboxylic acids is 2. The van der Waals surface area contributed by atoms with E-state index >= 15 is 0 Å². The SMILES string of the molecule is COC(=O)C(=O)c1ccccc1On1ccnc1. The van der Waals surface area contributed by atoms with Gasteiger partial charge in [-0.25, -0.2) is 9.78 Å². The van der Waals surface area contributed by atoms with Crippen LogP contribution in [-0.2, 0) is 9.53 Å². The number of imidazole rings is 1. The van der Waals surface area contributed by atoms with Gasteiger partial charge in [0.25, 0.3) is 5.78 Å². The highest BCUT2D eigenvalue weighted by Crippen LogP contribution is 2.19. The number of para-hydroxylation sites is 1. The van der Waals surface area contributed by atoms with Gasteiger partial charge in [-0.05, 0) is 12.1 Å². The average molecular weight is 246 g/mol. The Morgan fingerprint density at radius 3 is 2.72 bits per heavy atom. The van der Waals surface area contributed by atoms with E-state index in [-0.39, 0.29) is 11.3 Å². The van der Waals surface area contributed by atoms with Crippen LogP contribution in [-0.4, -0.2) is 28.6 Å². The van der Waals surface area contributed by atoms with E-state index in [1.165, 1.54) is 23.3 Å². The van der Waals surface area contributed by atoms with Gasteiger partial charge in [0, 0.05) is 6.20 Å². The Morgan fingerprint density at radius 1 is 1.28 bits per heavy atom. The van der Waals surface area contributed by atoms with Crippen LogP contribution in [0.4, 0.5) is 0 Å². The third-order valence-corrected chi connectivity index (χ3v) is 2.19. The number of esters is 1. The van der Waals surface area contributed by atoms with Gasteiger partial charge >= 0.3 is 5.97 Å². The molecule has 2 aromatic rings. The summed E-state index contributed by atoms with van der Waals surface area (Å²) in [4.78, 5) is 32.2. The summed E-state index contributed by atoms with van der Waals surface area (Å²) in [5.74, 6) is -1.43. The monoisotopic (exact) mass is 246 g/mol. The van der Waals surface area contributed by atoms with Crippen molar-refractivity contribution in [2.24, 2.45) is 0 Å². The lowest BCUT2D eigenvalue weighted by atomic mass is 10.1. The Bertz CT molecular complexity index is 563. The minimum Gasteiger partial charge on any atom is -0.463 e. The quantitative estimate of drug-likeness (QED) is 0.458. The smallest absolute Gasteiger partial charge is 0.379 e. The Hall–Kier alpha value is -2.63. The second kappa shape index (κ2) is 5.13. The molecule has 0 unspecified atom stereocenters. The molecule has 1 aromatic heterocycles. The summed E-state index contributed by atoms with van der Waals surface area (Å²) in [6.45, 7) is 0. The summed E-state index contributed by atoms with van der Waals surface area (Å²) in [6, 6.07) is 6.40. The number of nitrogens with zero attached hydrogens (tertiary/aromatic N) is 2. The van der Waals surface area contributed by atoms with Crippen LogP contribution in [0, 0.1) is 0 Å². The van der Waals surface area contributed by atoms with Crippen molar-refractivity contribution >= 4 is 11.8 Å². The van der Waals surface area contributed by atoms with Crippen molar-refractivity contribution in [1.29, 1.82) is 0 Å². The zero-order valence-electron chi connectivity index (χ0n) is 9.57. The summed E-state index contributed by atoms with van der Waals surface area (Å²) in [6.07, 6.45) is 4.53. The fourth-order valence-electron chi connectivity index (χ4n) is 1.35. The summed E-state index contributed by atoms with van der Waals surface area (Å²) in [5, 5.41) is 0. The molecule has 0 fully saturated rings. The topological polar surface area (TPSA) is 70.4 Å². The van der Waals surface area contributed by atoms with Gasteiger partial charge in [0.2, 0.25) is 0 Å². The van der Waals surface area contributed by atoms with Gasteiger partial charge in [0.05, 0.1) is 18.9 Å². The molecule has 0 bridgehead atoms. The average Bonchev–Trinajstić information content (AvgIpc) is 2.90.